The minimum Gasteiger partial charge on any atom is -0.469 e. The molecule has 4 saturated carbocycles. The van der Waals surface area contributed by atoms with Crippen molar-refractivity contribution in [2.45, 2.75) is 137 Å². The molecule has 1 aromatic rings. The molecule has 1 aliphatic heterocycles. The number of rotatable bonds is 9. The van der Waals surface area contributed by atoms with Gasteiger partial charge in [0.2, 0.25) is 0 Å². The molecule has 4 aliphatic carbocycles. The monoisotopic (exact) mass is 652 g/mol. The lowest BCUT2D eigenvalue weighted by Gasteiger charge is -2.71. The molecule has 5 aliphatic rings. The summed E-state index contributed by atoms with van der Waals surface area (Å²) in [4.78, 5) is 31.3. The summed E-state index contributed by atoms with van der Waals surface area (Å²) in [5.74, 6) is 0.397. The van der Waals surface area contributed by atoms with E-state index in [1.807, 2.05) is 19.4 Å². The number of allylic oxidation sites excluding steroid dienone is 1. The number of ether oxygens (including phenoxy) is 3. The predicted molar refractivity (Wildman–Crippen MR) is 180 cm³/mol. The molecule has 0 radical (unpaired) electrons. The summed E-state index contributed by atoms with van der Waals surface area (Å²) in [6, 6.07) is 0. The Hall–Kier alpha value is -2.19. The van der Waals surface area contributed by atoms with Crippen molar-refractivity contribution in [2.24, 2.45) is 51.2 Å². The second-order valence-electron chi connectivity index (χ2n) is 17.4. The summed E-state index contributed by atoms with van der Waals surface area (Å²) in [6.07, 6.45) is 11.1. The number of methoxy groups -OCH3 is 1. The number of aromatic nitrogens is 2. The highest BCUT2D eigenvalue weighted by atomic mass is 16.5. The van der Waals surface area contributed by atoms with Crippen LogP contribution in [0.5, 0.6) is 0 Å². The number of aryl methyl sites for hydroxylation is 2. The third-order valence-corrected chi connectivity index (χ3v) is 15.0. The Morgan fingerprint density at radius 3 is 2.49 bits per heavy atom. The van der Waals surface area contributed by atoms with Gasteiger partial charge in [0.15, 0.2) is 0 Å². The lowest BCUT2D eigenvalue weighted by atomic mass is 9.33. The molecule has 1 aromatic heterocycles. The number of unbranched alkanes of at least 4 members (excludes halogenated alkanes) is 1. The Labute approximate surface area is 282 Å². The number of imidazole rings is 1. The number of aliphatic hydroxyl groups is 1. The van der Waals surface area contributed by atoms with Gasteiger partial charge in [0, 0.05) is 18.2 Å². The molecule has 47 heavy (non-hydrogen) atoms. The summed E-state index contributed by atoms with van der Waals surface area (Å²) < 4.78 is 20.1. The van der Waals surface area contributed by atoms with Crippen LogP contribution in [0.25, 0.3) is 0 Å². The third kappa shape index (κ3) is 5.16. The number of aliphatic hydroxyl groups excluding tert-OH is 1. The zero-order valence-corrected chi connectivity index (χ0v) is 30.3. The quantitative estimate of drug-likeness (QED) is 0.173. The van der Waals surface area contributed by atoms with Gasteiger partial charge in [-0.3, -0.25) is 9.59 Å². The van der Waals surface area contributed by atoms with Gasteiger partial charge in [-0.25, -0.2) is 4.98 Å². The van der Waals surface area contributed by atoms with E-state index < -0.39 is 17.1 Å². The summed E-state index contributed by atoms with van der Waals surface area (Å²) in [6.45, 7) is 21.4. The van der Waals surface area contributed by atoms with E-state index in [2.05, 4.69) is 57.7 Å². The minimum absolute atomic E-state index is 0.0325. The second kappa shape index (κ2) is 12.0. The van der Waals surface area contributed by atoms with E-state index in [9.17, 15) is 14.7 Å². The summed E-state index contributed by atoms with van der Waals surface area (Å²) in [7, 11) is 1.44. The molecule has 1 N–H and O–H groups in total. The first-order chi connectivity index (χ1) is 22.0. The van der Waals surface area contributed by atoms with Gasteiger partial charge in [0.25, 0.3) is 0 Å². The highest BCUT2D eigenvalue weighted by molar-refractivity contribution is 5.78. The zero-order valence-electron chi connectivity index (χ0n) is 30.3. The first-order valence-corrected chi connectivity index (χ1v) is 18.3. The van der Waals surface area contributed by atoms with Crippen molar-refractivity contribution in [3.05, 3.63) is 30.4 Å². The van der Waals surface area contributed by atoms with E-state index in [1.54, 1.807) is 0 Å². The van der Waals surface area contributed by atoms with Gasteiger partial charge in [-0.1, -0.05) is 32.9 Å². The summed E-state index contributed by atoms with van der Waals surface area (Å²) in [5.41, 5.74) is 0.550. The van der Waals surface area contributed by atoms with Crippen molar-refractivity contribution in [2.75, 3.05) is 13.7 Å². The Balaban J connectivity index is 1.28. The lowest BCUT2D eigenvalue weighted by Crippen LogP contribution is -2.69. The molecule has 0 aromatic carbocycles. The van der Waals surface area contributed by atoms with Crippen LogP contribution < -0.4 is 0 Å². The van der Waals surface area contributed by atoms with E-state index in [-0.39, 0.29) is 70.3 Å². The molecule has 2 heterocycles. The average Bonchev–Trinajstić information content (AvgIpc) is 3.66. The van der Waals surface area contributed by atoms with Crippen LogP contribution in [0.15, 0.2) is 24.7 Å². The van der Waals surface area contributed by atoms with Crippen molar-refractivity contribution in [3.8, 4) is 0 Å². The van der Waals surface area contributed by atoms with Crippen LogP contribution in [0, 0.1) is 58.2 Å². The molecule has 11 atom stereocenters. The van der Waals surface area contributed by atoms with Crippen molar-refractivity contribution >= 4 is 11.9 Å². The molecule has 0 amide bonds. The molecular formula is C39H60N2O6. The van der Waals surface area contributed by atoms with Gasteiger partial charge in [0.05, 0.1) is 55.4 Å². The fourth-order valence-corrected chi connectivity index (χ4v) is 12.8. The van der Waals surface area contributed by atoms with Gasteiger partial charge in [-0.15, -0.1) is 0 Å². The van der Waals surface area contributed by atoms with Gasteiger partial charge >= 0.3 is 11.9 Å². The van der Waals surface area contributed by atoms with E-state index in [4.69, 9.17) is 14.2 Å². The topological polar surface area (TPSA) is 99.9 Å². The Morgan fingerprint density at radius 2 is 1.83 bits per heavy atom. The van der Waals surface area contributed by atoms with Gasteiger partial charge in [-0.05, 0) is 126 Å². The maximum Gasteiger partial charge on any atom is 0.312 e. The molecule has 0 spiro atoms. The van der Waals surface area contributed by atoms with Crippen LogP contribution in [0.3, 0.4) is 0 Å². The minimum atomic E-state index is -0.562. The summed E-state index contributed by atoms with van der Waals surface area (Å²) in [5, 5.41) is 12.5. The molecule has 5 fully saturated rings. The first-order valence-electron chi connectivity index (χ1n) is 18.3. The highest BCUT2D eigenvalue weighted by Gasteiger charge is 2.76. The van der Waals surface area contributed by atoms with Crippen LogP contribution in [-0.2, 0) is 30.3 Å². The number of carbonyl (C=O) groups excluding carboxylic acids is 2. The van der Waals surface area contributed by atoms with Gasteiger partial charge < -0.3 is 23.9 Å². The lowest BCUT2D eigenvalue weighted by molar-refractivity contribution is -0.255. The zero-order chi connectivity index (χ0) is 34.2. The molecular weight excluding hydrogens is 592 g/mol. The van der Waals surface area contributed by atoms with E-state index in [0.29, 0.717) is 13.0 Å². The highest BCUT2D eigenvalue weighted by Crippen LogP contribution is 2.77. The fourth-order valence-electron chi connectivity index (χ4n) is 12.8. The molecule has 262 valence electrons. The standard InChI is InChI=1S/C39H60N2O6/c1-24(2)26-12-15-39(34(44)46-19-11-10-18-41-22-25(3)40-23-41)17-16-36(6)27(32(26)39)20-28(42)33-37(36,7)14-13-29-35(4,5)47-30(38(29,33)8)21-31(43)45-9/h22-23,26-30,32-33,42H,1,10-21H2,2-9H3/t26-,27+,28+,29?,30?,32+,33-,36+,37+,38+,39-/m0/s1. The largest absolute Gasteiger partial charge is 0.469 e. The van der Waals surface area contributed by atoms with Crippen LogP contribution >= 0.6 is 0 Å². The van der Waals surface area contributed by atoms with Crippen molar-refractivity contribution in [1.82, 2.24) is 9.55 Å². The molecule has 8 nitrogen and oxygen atoms in total. The number of hydrogen-bond donors (Lipinski definition) is 1. The van der Waals surface area contributed by atoms with E-state index in [0.717, 1.165) is 69.2 Å². The van der Waals surface area contributed by atoms with Crippen LogP contribution in [0.1, 0.15) is 111 Å². The maximum atomic E-state index is 14.3. The summed E-state index contributed by atoms with van der Waals surface area (Å²) >= 11 is 0. The van der Waals surface area contributed by atoms with Crippen LogP contribution in [0.4, 0.5) is 0 Å². The Bertz CT molecular complexity index is 1390. The van der Waals surface area contributed by atoms with E-state index >= 15 is 0 Å². The van der Waals surface area contributed by atoms with Crippen LogP contribution in [0.2, 0.25) is 0 Å². The number of nitrogens with zero attached hydrogens (tertiary/aromatic N) is 2. The Kier molecular flexibility index (Phi) is 8.85. The molecule has 1 saturated heterocycles. The molecule has 6 rings (SSSR count). The first kappa shape index (κ1) is 34.7. The third-order valence-electron chi connectivity index (χ3n) is 15.0. The molecule has 0 bridgehead atoms. The normalized spacial score (nSPS) is 43.3. The van der Waals surface area contributed by atoms with Crippen molar-refractivity contribution in [1.29, 1.82) is 0 Å². The van der Waals surface area contributed by atoms with Crippen LogP contribution in [-0.4, -0.2) is 58.1 Å². The van der Waals surface area contributed by atoms with E-state index in [1.165, 1.54) is 7.11 Å². The fraction of sp³-hybridized carbons (Fsp3) is 0.821. The Morgan fingerprint density at radius 1 is 1.09 bits per heavy atom. The SMILES string of the molecule is C=C(C)[C@@H]1CC[C@]2(C(=O)OCCCCn3cnc(C)c3)CC[C@]3(C)[C@H](C[C@@H](O)[C@@H]4[C@@]5(C)C(CC(=O)OC)OC(C)(C)C5CC[C@]43C)[C@@H]12. The molecule has 8 heteroatoms. The predicted octanol–water partition coefficient (Wildman–Crippen LogP) is 7.06. The number of fused-ring (bicyclic) bond motifs is 7. The average molecular weight is 653 g/mol. The smallest absolute Gasteiger partial charge is 0.312 e. The van der Waals surface area contributed by atoms with Crippen molar-refractivity contribution in [3.63, 3.8) is 0 Å². The number of hydrogen-bond acceptors (Lipinski definition) is 7. The second-order valence-corrected chi connectivity index (χ2v) is 17.4. The van der Waals surface area contributed by atoms with Gasteiger partial charge in [0.1, 0.15) is 0 Å². The molecule has 2 unspecified atom stereocenters. The maximum absolute atomic E-state index is 14.3. The number of esters is 2. The van der Waals surface area contributed by atoms with Gasteiger partial charge in [-0.2, -0.15) is 0 Å². The number of carbonyl (C=O) groups is 2. The van der Waals surface area contributed by atoms with Crippen molar-refractivity contribution < 1.29 is 28.9 Å².